The molecule has 3 aliphatic carbocycles. The number of nitrogens with zero attached hydrogens (tertiary/aromatic N) is 2. The van der Waals surface area contributed by atoms with Gasteiger partial charge >= 0.3 is 12.2 Å². The van der Waals surface area contributed by atoms with Crippen molar-refractivity contribution in [2.24, 2.45) is 22.7 Å². The predicted molar refractivity (Wildman–Crippen MR) is 200 cm³/mol. The number of likely N-dealkylation sites (N-methyl/N-ethyl adjacent to an activating group) is 1. The van der Waals surface area contributed by atoms with Crippen LogP contribution in [-0.2, 0) is 15.8 Å². The molecule has 0 aromatic heterocycles. The summed E-state index contributed by atoms with van der Waals surface area (Å²) >= 11 is 5.71. The molecular formula is C37H58ClF3N4O3S. The fourth-order valence-electron chi connectivity index (χ4n) is 8.42. The number of fused-ring (bicyclic) bond motifs is 3. The molecule has 3 saturated carbocycles. The number of hydrogen-bond acceptors (Lipinski definition) is 3. The van der Waals surface area contributed by atoms with Gasteiger partial charge in [-0.05, 0) is 92.9 Å². The number of urea groups is 1. The third kappa shape index (κ3) is 10.3. The maximum absolute atomic E-state index is 13.2. The Bertz CT molecular complexity index is 1330. The van der Waals surface area contributed by atoms with E-state index in [4.69, 9.17) is 11.6 Å². The van der Waals surface area contributed by atoms with Crippen molar-refractivity contribution >= 4 is 48.6 Å². The lowest BCUT2D eigenvalue weighted by atomic mass is 9.54. The van der Waals surface area contributed by atoms with Gasteiger partial charge < -0.3 is 20.4 Å². The zero-order valence-corrected chi connectivity index (χ0v) is 29.8. The maximum Gasteiger partial charge on any atom is 0.417 e. The van der Waals surface area contributed by atoms with Crippen LogP contribution in [0.3, 0.4) is 0 Å². The van der Waals surface area contributed by atoms with E-state index in [-0.39, 0.29) is 68.8 Å². The average Bonchev–Trinajstić information content (AvgIpc) is 3.31. The molecule has 0 radical (unpaired) electrons. The molecule has 5 rings (SSSR count). The van der Waals surface area contributed by atoms with Gasteiger partial charge in [-0.2, -0.15) is 26.7 Å². The van der Waals surface area contributed by atoms with Crippen LogP contribution in [0.5, 0.6) is 0 Å². The van der Waals surface area contributed by atoms with Crippen molar-refractivity contribution in [3.63, 3.8) is 0 Å². The summed E-state index contributed by atoms with van der Waals surface area (Å²) in [5.74, 6) is 1.23. The summed E-state index contributed by atoms with van der Waals surface area (Å²) < 4.78 is 39.6. The highest BCUT2D eigenvalue weighted by Crippen LogP contribution is 2.60. The molecule has 1 spiro atoms. The summed E-state index contributed by atoms with van der Waals surface area (Å²) in [6, 6.07) is 3.12. The first-order valence-corrected chi connectivity index (χ1v) is 16.4. The van der Waals surface area contributed by atoms with Gasteiger partial charge in [0.05, 0.1) is 10.6 Å². The highest BCUT2D eigenvalue weighted by Gasteiger charge is 2.56. The van der Waals surface area contributed by atoms with Crippen molar-refractivity contribution in [2.45, 2.75) is 112 Å². The Morgan fingerprint density at radius 1 is 1.12 bits per heavy atom. The van der Waals surface area contributed by atoms with E-state index in [0.29, 0.717) is 11.8 Å². The van der Waals surface area contributed by atoms with Crippen LogP contribution in [0.2, 0.25) is 5.02 Å². The Morgan fingerprint density at radius 2 is 1.78 bits per heavy atom. The lowest BCUT2D eigenvalue weighted by molar-refractivity contribution is -0.137. The SMILES string of the molecule is C.C.C#C.CCCN(C)C(C)=O.CN1C(=O)C=C[C@@]23CCC[C@@]4(C)C(CC[C@@H]4NC(=O)Nc4ccc(Cl)c(C(F)(F)F)c4)[C@H](CC[C@@H]12)C3.S. The van der Waals surface area contributed by atoms with E-state index in [1.165, 1.54) is 6.07 Å². The average molecular weight is 731 g/mol. The van der Waals surface area contributed by atoms with Crippen molar-refractivity contribution in [3.8, 4) is 12.8 Å². The van der Waals surface area contributed by atoms with E-state index in [1.807, 2.05) is 19.0 Å². The summed E-state index contributed by atoms with van der Waals surface area (Å²) in [4.78, 5) is 39.3. The Kier molecular flexibility index (Phi) is 17.9. The Morgan fingerprint density at radius 3 is 2.35 bits per heavy atom. The minimum absolute atomic E-state index is 0. The van der Waals surface area contributed by atoms with Crippen LogP contribution >= 0.6 is 25.1 Å². The van der Waals surface area contributed by atoms with Gasteiger partial charge in [0.25, 0.3) is 0 Å². The first-order valence-electron chi connectivity index (χ1n) is 16.1. The summed E-state index contributed by atoms with van der Waals surface area (Å²) in [6.07, 6.45) is 16.4. The maximum atomic E-state index is 13.2. The Balaban J connectivity index is 0.00000157. The second kappa shape index (κ2) is 19.0. The van der Waals surface area contributed by atoms with Crippen LogP contribution in [0, 0.1) is 35.5 Å². The molecule has 1 aliphatic heterocycles. The zero-order chi connectivity index (χ0) is 34.4. The van der Waals surface area contributed by atoms with E-state index in [0.717, 1.165) is 76.5 Å². The largest absolute Gasteiger partial charge is 0.417 e. The first kappa shape index (κ1) is 46.2. The summed E-state index contributed by atoms with van der Waals surface area (Å²) in [6.45, 7) is 6.78. The van der Waals surface area contributed by atoms with Crippen LogP contribution in [-0.4, -0.2) is 60.4 Å². The molecular weight excluding hydrogens is 673 g/mol. The van der Waals surface area contributed by atoms with Crippen LogP contribution < -0.4 is 10.6 Å². The molecule has 1 aromatic carbocycles. The van der Waals surface area contributed by atoms with E-state index in [1.54, 1.807) is 17.9 Å². The monoisotopic (exact) mass is 730 g/mol. The molecule has 2 bridgehead atoms. The minimum atomic E-state index is -4.59. The number of amides is 4. The molecule has 1 heterocycles. The van der Waals surface area contributed by atoms with Gasteiger partial charge in [0.1, 0.15) is 0 Å². The third-order valence-electron chi connectivity index (χ3n) is 10.8. The highest BCUT2D eigenvalue weighted by molar-refractivity contribution is 7.59. The number of nitrogens with one attached hydrogen (secondary N) is 2. The van der Waals surface area contributed by atoms with Crippen molar-refractivity contribution in [1.29, 1.82) is 0 Å². The third-order valence-corrected chi connectivity index (χ3v) is 11.1. The number of rotatable bonds is 4. The summed E-state index contributed by atoms with van der Waals surface area (Å²) in [5, 5.41) is 5.28. The van der Waals surface area contributed by atoms with Crippen LogP contribution in [0.4, 0.5) is 23.7 Å². The standard InChI is InChI=1S/C27H33ClF3N3O2.C6H13NO.C2H2.2CH4.H2S/c1-25-11-3-12-26-13-10-23(35)34(2)22(26)9-4-16(15-26)18(25)6-8-21(25)33-24(36)32-17-5-7-20(28)19(14-17)27(29,30)31;1-4-5-7(3)6(2)8;1-2;;;/h5,7,10,13-14,16,18,21-22H,3-4,6,8-9,11-12,15H2,1-2H3,(H2,32,33,36);4-5H2,1-3H3;1-2H;2*1H4;1H2/t16-,18?,21+,22-,25+,26-;;;;;/m1...../s1. The molecule has 7 nitrogen and oxygen atoms in total. The molecule has 1 unspecified atom stereocenters. The number of anilines is 1. The number of halogens is 4. The van der Waals surface area contributed by atoms with Crippen LogP contribution in [0.25, 0.3) is 0 Å². The number of terminal acetylenes is 1. The first-order chi connectivity index (χ1) is 21.6. The number of carbonyl (C=O) groups excluding carboxylic acids is 3. The van der Waals surface area contributed by atoms with Crippen molar-refractivity contribution < 1.29 is 27.6 Å². The van der Waals surface area contributed by atoms with Crippen molar-refractivity contribution in [3.05, 3.63) is 40.9 Å². The molecule has 1 aromatic rings. The van der Waals surface area contributed by atoms with Crippen molar-refractivity contribution in [2.75, 3.05) is 26.0 Å². The second-order valence-corrected chi connectivity index (χ2v) is 13.8. The van der Waals surface area contributed by atoms with E-state index in [2.05, 4.69) is 43.4 Å². The molecule has 6 atom stereocenters. The molecule has 4 aliphatic rings. The van der Waals surface area contributed by atoms with E-state index >= 15 is 0 Å². The fraction of sp³-hybridized carbons (Fsp3) is 0.649. The minimum Gasteiger partial charge on any atom is -0.346 e. The van der Waals surface area contributed by atoms with Gasteiger partial charge in [-0.25, -0.2) is 4.79 Å². The van der Waals surface area contributed by atoms with Crippen molar-refractivity contribution in [1.82, 2.24) is 15.1 Å². The van der Waals surface area contributed by atoms with Gasteiger partial charge in [-0.3, -0.25) is 9.59 Å². The van der Waals surface area contributed by atoms with Gasteiger partial charge in [0, 0.05) is 50.7 Å². The Labute approximate surface area is 304 Å². The normalized spacial score (nSPS) is 27.9. The fourth-order valence-corrected chi connectivity index (χ4v) is 8.64. The quantitative estimate of drug-likeness (QED) is 0.303. The molecule has 4 amide bonds. The lowest BCUT2D eigenvalue weighted by Crippen LogP contribution is -2.56. The molecule has 12 heteroatoms. The predicted octanol–water partition coefficient (Wildman–Crippen LogP) is 9.14. The van der Waals surface area contributed by atoms with Crippen LogP contribution in [0.15, 0.2) is 30.4 Å². The van der Waals surface area contributed by atoms with Gasteiger partial charge in [0.2, 0.25) is 11.8 Å². The number of carbonyl (C=O) groups is 3. The Hall–Kier alpha value is -2.84. The van der Waals surface area contributed by atoms with E-state index < -0.39 is 22.8 Å². The molecule has 0 saturated heterocycles. The highest BCUT2D eigenvalue weighted by atomic mass is 35.5. The number of benzene rings is 1. The summed E-state index contributed by atoms with van der Waals surface area (Å²) in [7, 11) is 3.74. The number of hydrogen-bond donors (Lipinski definition) is 2. The second-order valence-electron chi connectivity index (χ2n) is 13.4. The molecule has 278 valence electrons. The summed E-state index contributed by atoms with van der Waals surface area (Å²) in [5.41, 5.74) is -0.943. The molecule has 3 fully saturated rings. The topological polar surface area (TPSA) is 81.8 Å². The van der Waals surface area contributed by atoms with Gasteiger partial charge in [0.15, 0.2) is 0 Å². The number of alkyl halides is 3. The molecule has 49 heavy (non-hydrogen) atoms. The molecule has 2 N–H and O–H groups in total. The van der Waals surface area contributed by atoms with Gasteiger partial charge in [-0.1, -0.05) is 52.8 Å². The van der Waals surface area contributed by atoms with E-state index in [9.17, 15) is 27.6 Å². The van der Waals surface area contributed by atoms with Crippen LogP contribution in [0.1, 0.15) is 99.0 Å². The lowest BCUT2D eigenvalue weighted by Gasteiger charge is -2.55. The smallest absolute Gasteiger partial charge is 0.346 e. The van der Waals surface area contributed by atoms with Gasteiger partial charge in [-0.15, -0.1) is 12.8 Å². The zero-order valence-electron chi connectivity index (χ0n) is 28.1.